The Hall–Kier alpha value is -2.63. The van der Waals surface area contributed by atoms with Gasteiger partial charge in [0, 0.05) is 18.5 Å². The monoisotopic (exact) mass is 328 g/mol. The molecule has 0 bridgehead atoms. The summed E-state index contributed by atoms with van der Waals surface area (Å²) in [6.45, 7) is 4.42. The number of nitrogens with one attached hydrogen (secondary N) is 2. The predicted octanol–water partition coefficient (Wildman–Crippen LogP) is 2.23. The van der Waals surface area contributed by atoms with E-state index in [-0.39, 0.29) is 24.3 Å². The van der Waals surface area contributed by atoms with Crippen LogP contribution in [0.3, 0.4) is 0 Å². The molecular formula is C18H24N4O2. The number of aryl methyl sites for hydroxylation is 2. The fourth-order valence-electron chi connectivity index (χ4n) is 2.21. The van der Waals surface area contributed by atoms with Crippen molar-refractivity contribution in [2.75, 3.05) is 11.9 Å². The average molecular weight is 328 g/mol. The fraction of sp³-hybridized carbons (Fsp3) is 0.389. The molecule has 0 unspecified atom stereocenters. The first-order valence-corrected chi connectivity index (χ1v) is 8.23. The summed E-state index contributed by atoms with van der Waals surface area (Å²) in [6.07, 6.45) is 3.23. The molecule has 1 heterocycles. The molecule has 2 amide bonds. The van der Waals surface area contributed by atoms with Crippen molar-refractivity contribution in [2.45, 2.75) is 33.2 Å². The summed E-state index contributed by atoms with van der Waals surface area (Å²) in [5, 5.41) is 9.66. The zero-order valence-electron chi connectivity index (χ0n) is 14.2. The molecule has 2 rings (SSSR count). The van der Waals surface area contributed by atoms with Crippen LogP contribution in [0.1, 0.15) is 25.8 Å². The Bertz CT molecular complexity index is 667. The molecule has 0 saturated carbocycles. The molecule has 0 radical (unpaired) electrons. The van der Waals surface area contributed by atoms with Gasteiger partial charge in [-0.1, -0.05) is 44.2 Å². The molecule has 6 heteroatoms. The zero-order valence-corrected chi connectivity index (χ0v) is 14.2. The van der Waals surface area contributed by atoms with E-state index in [4.69, 9.17) is 0 Å². The topological polar surface area (TPSA) is 76.0 Å². The number of hydrogen-bond donors (Lipinski definition) is 2. The van der Waals surface area contributed by atoms with E-state index in [1.165, 1.54) is 5.56 Å². The number of carbonyl (C=O) groups is 2. The van der Waals surface area contributed by atoms with Crippen LogP contribution in [0, 0.1) is 5.92 Å². The number of nitrogens with zero attached hydrogens (tertiary/aromatic N) is 2. The van der Waals surface area contributed by atoms with Gasteiger partial charge in [0.2, 0.25) is 11.8 Å². The third-order valence-corrected chi connectivity index (χ3v) is 3.92. The SMILES string of the molecule is CC[C@H](C)C(=O)NCC(=O)Nc1ccnn1CCc1ccccc1. The number of anilines is 1. The van der Waals surface area contributed by atoms with E-state index in [1.54, 1.807) is 16.9 Å². The van der Waals surface area contributed by atoms with Crippen molar-refractivity contribution >= 4 is 17.6 Å². The van der Waals surface area contributed by atoms with E-state index >= 15 is 0 Å². The Labute approximate surface area is 142 Å². The van der Waals surface area contributed by atoms with E-state index in [9.17, 15) is 9.59 Å². The maximum atomic E-state index is 12.0. The van der Waals surface area contributed by atoms with Gasteiger partial charge < -0.3 is 10.6 Å². The van der Waals surface area contributed by atoms with Crippen molar-refractivity contribution in [3.8, 4) is 0 Å². The van der Waals surface area contributed by atoms with Gasteiger partial charge in [-0.15, -0.1) is 0 Å². The molecular weight excluding hydrogens is 304 g/mol. The highest BCUT2D eigenvalue weighted by atomic mass is 16.2. The van der Waals surface area contributed by atoms with E-state index in [2.05, 4.69) is 27.9 Å². The number of amides is 2. The lowest BCUT2D eigenvalue weighted by Crippen LogP contribution is -2.36. The number of carbonyl (C=O) groups excluding carboxylic acids is 2. The molecule has 128 valence electrons. The third kappa shape index (κ3) is 5.22. The molecule has 1 aromatic heterocycles. The number of hydrogen-bond acceptors (Lipinski definition) is 3. The zero-order chi connectivity index (χ0) is 17.4. The summed E-state index contributed by atoms with van der Waals surface area (Å²) in [5.41, 5.74) is 1.21. The maximum absolute atomic E-state index is 12.0. The first-order valence-electron chi connectivity index (χ1n) is 8.23. The largest absolute Gasteiger partial charge is 0.347 e. The first kappa shape index (κ1) is 17.7. The van der Waals surface area contributed by atoms with Crippen LogP contribution in [-0.4, -0.2) is 28.1 Å². The van der Waals surface area contributed by atoms with Crippen LogP contribution >= 0.6 is 0 Å². The van der Waals surface area contributed by atoms with Gasteiger partial charge in [0.25, 0.3) is 0 Å². The number of aromatic nitrogens is 2. The minimum atomic E-state index is -0.256. The van der Waals surface area contributed by atoms with Gasteiger partial charge >= 0.3 is 0 Å². The molecule has 1 atom stereocenters. The quantitative estimate of drug-likeness (QED) is 0.780. The lowest BCUT2D eigenvalue weighted by molar-refractivity contribution is -0.126. The van der Waals surface area contributed by atoms with Gasteiger partial charge in [-0.25, -0.2) is 4.68 Å². The van der Waals surface area contributed by atoms with Crippen LogP contribution in [0.5, 0.6) is 0 Å². The molecule has 0 spiro atoms. The van der Waals surface area contributed by atoms with Crippen LogP contribution in [0.2, 0.25) is 0 Å². The smallest absolute Gasteiger partial charge is 0.244 e. The van der Waals surface area contributed by atoms with Gasteiger partial charge in [0.05, 0.1) is 12.7 Å². The molecule has 2 N–H and O–H groups in total. The van der Waals surface area contributed by atoms with Crippen LogP contribution in [0.15, 0.2) is 42.6 Å². The van der Waals surface area contributed by atoms with Crippen molar-refractivity contribution < 1.29 is 9.59 Å². The van der Waals surface area contributed by atoms with Gasteiger partial charge in [0.15, 0.2) is 0 Å². The van der Waals surface area contributed by atoms with Crippen molar-refractivity contribution in [1.82, 2.24) is 15.1 Å². The normalized spacial score (nSPS) is 11.8. The van der Waals surface area contributed by atoms with Gasteiger partial charge in [-0.2, -0.15) is 5.10 Å². The predicted molar refractivity (Wildman–Crippen MR) is 93.5 cm³/mol. The Balaban J connectivity index is 1.84. The molecule has 0 saturated heterocycles. The highest BCUT2D eigenvalue weighted by molar-refractivity contribution is 5.94. The summed E-state index contributed by atoms with van der Waals surface area (Å²) in [5.74, 6) is 0.182. The van der Waals surface area contributed by atoms with Crippen molar-refractivity contribution in [3.05, 3.63) is 48.2 Å². The fourth-order valence-corrected chi connectivity index (χ4v) is 2.21. The molecule has 0 fully saturated rings. The van der Waals surface area contributed by atoms with Gasteiger partial charge in [-0.05, 0) is 18.4 Å². The minimum Gasteiger partial charge on any atom is -0.347 e. The minimum absolute atomic E-state index is 0.0347. The van der Waals surface area contributed by atoms with E-state index < -0.39 is 0 Å². The standard InChI is InChI=1S/C18H24N4O2/c1-3-14(2)18(24)19-13-17(23)21-16-9-11-20-22(16)12-10-15-7-5-4-6-8-15/h4-9,11,14H,3,10,12-13H2,1-2H3,(H,19,24)(H,21,23)/t14-/m0/s1. The lowest BCUT2D eigenvalue weighted by atomic mass is 10.1. The second kappa shape index (κ2) is 8.86. The van der Waals surface area contributed by atoms with Crippen molar-refractivity contribution in [1.29, 1.82) is 0 Å². The Morgan fingerprint density at radius 3 is 2.67 bits per heavy atom. The van der Waals surface area contributed by atoms with Crippen molar-refractivity contribution in [3.63, 3.8) is 0 Å². The molecule has 0 aliphatic heterocycles. The first-order chi connectivity index (χ1) is 11.6. The van der Waals surface area contributed by atoms with Crippen LogP contribution in [0.25, 0.3) is 0 Å². The molecule has 24 heavy (non-hydrogen) atoms. The molecule has 6 nitrogen and oxygen atoms in total. The highest BCUT2D eigenvalue weighted by Crippen LogP contribution is 2.08. The lowest BCUT2D eigenvalue weighted by Gasteiger charge is -2.11. The highest BCUT2D eigenvalue weighted by Gasteiger charge is 2.12. The average Bonchev–Trinajstić information content (AvgIpc) is 3.05. The second-order valence-electron chi connectivity index (χ2n) is 5.75. The molecule has 1 aromatic carbocycles. The molecule has 0 aliphatic rings. The van der Waals surface area contributed by atoms with Crippen molar-refractivity contribution in [2.24, 2.45) is 5.92 Å². The Morgan fingerprint density at radius 2 is 1.96 bits per heavy atom. The van der Waals surface area contributed by atoms with E-state index in [0.717, 1.165) is 12.8 Å². The maximum Gasteiger partial charge on any atom is 0.244 e. The molecule has 0 aliphatic carbocycles. The van der Waals surface area contributed by atoms with E-state index in [1.807, 2.05) is 32.0 Å². The number of benzene rings is 1. The summed E-state index contributed by atoms with van der Waals surface area (Å²) >= 11 is 0. The van der Waals surface area contributed by atoms with Crippen LogP contribution in [-0.2, 0) is 22.6 Å². The summed E-state index contributed by atoms with van der Waals surface area (Å²) < 4.78 is 1.75. The Morgan fingerprint density at radius 1 is 1.21 bits per heavy atom. The summed E-state index contributed by atoms with van der Waals surface area (Å²) in [6, 6.07) is 11.9. The van der Waals surface area contributed by atoms with Crippen LogP contribution < -0.4 is 10.6 Å². The Kier molecular flexibility index (Phi) is 6.54. The number of rotatable bonds is 8. The summed E-state index contributed by atoms with van der Waals surface area (Å²) in [4.78, 5) is 23.7. The third-order valence-electron chi connectivity index (χ3n) is 3.92. The second-order valence-corrected chi connectivity index (χ2v) is 5.75. The summed E-state index contributed by atoms with van der Waals surface area (Å²) in [7, 11) is 0. The molecule has 2 aromatic rings. The van der Waals surface area contributed by atoms with Crippen LogP contribution in [0.4, 0.5) is 5.82 Å². The van der Waals surface area contributed by atoms with Gasteiger partial charge in [-0.3, -0.25) is 9.59 Å². The van der Waals surface area contributed by atoms with Gasteiger partial charge in [0.1, 0.15) is 5.82 Å². The van der Waals surface area contributed by atoms with E-state index in [0.29, 0.717) is 12.4 Å².